The molecule has 0 atom stereocenters. The fourth-order valence-electron chi connectivity index (χ4n) is 7.06. The van der Waals surface area contributed by atoms with Gasteiger partial charge in [0.1, 0.15) is 11.6 Å². The number of aliphatic carboxylic acids is 1. The lowest BCUT2D eigenvalue weighted by Gasteiger charge is -2.46. The highest BCUT2D eigenvalue weighted by Gasteiger charge is 2.52. The normalized spacial score (nSPS) is 25.2. The number of anilines is 1. The second-order valence-electron chi connectivity index (χ2n) is 13.3. The number of amidine groups is 1. The van der Waals surface area contributed by atoms with Crippen molar-refractivity contribution in [1.82, 2.24) is 9.80 Å². The van der Waals surface area contributed by atoms with Crippen molar-refractivity contribution in [3.8, 4) is 5.75 Å². The zero-order valence-corrected chi connectivity index (χ0v) is 24.6. The van der Waals surface area contributed by atoms with Crippen LogP contribution in [0.5, 0.6) is 5.75 Å². The molecule has 0 radical (unpaired) electrons. The van der Waals surface area contributed by atoms with Crippen LogP contribution in [0.3, 0.4) is 0 Å². The highest BCUT2D eigenvalue weighted by atomic mass is 19.3. The van der Waals surface area contributed by atoms with Crippen LogP contribution in [0, 0.1) is 5.41 Å². The first kappa shape index (κ1) is 28.5. The van der Waals surface area contributed by atoms with Gasteiger partial charge >= 0.3 is 5.97 Å². The average Bonchev–Trinajstić information content (AvgIpc) is 3.67. The highest BCUT2D eigenvalue weighted by Crippen LogP contribution is 2.48. The fraction of sp³-hybridized carbons (Fsp3) is 0.742. The molecule has 1 aromatic rings. The van der Waals surface area contributed by atoms with E-state index in [9.17, 15) is 18.7 Å². The van der Waals surface area contributed by atoms with Crippen LogP contribution in [0.1, 0.15) is 89.2 Å². The Labute approximate surface area is 241 Å². The maximum absolute atomic E-state index is 13.9. The molecule has 4 aliphatic heterocycles. The summed E-state index contributed by atoms with van der Waals surface area (Å²) in [6.45, 7) is 10.4. The molecule has 1 aromatic carbocycles. The number of carboxylic acid groups (broad SMARTS) is 1. The number of nitrogens with zero attached hydrogens (tertiary/aromatic N) is 4. The number of rotatable bonds is 8. The predicted octanol–water partition coefficient (Wildman–Crippen LogP) is 5.45. The molecular formula is C31H44F2N4O4. The van der Waals surface area contributed by atoms with E-state index in [0.29, 0.717) is 51.4 Å². The minimum atomic E-state index is -2.57. The van der Waals surface area contributed by atoms with Gasteiger partial charge in [-0.3, -0.25) is 9.69 Å². The Morgan fingerprint density at radius 2 is 1.76 bits per heavy atom. The number of hydrogen-bond acceptors (Lipinski definition) is 7. The molecule has 1 N–H and O–H groups in total. The number of ether oxygens (including phenoxy) is 1. The molecule has 3 saturated heterocycles. The Balaban J connectivity index is 1.11. The van der Waals surface area contributed by atoms with E-state index < -0.39 is 17.3 Å². The van der Waals surface area contributed by atoms with E-state index in [-0.39, 0.29) is 24.5 Å². The zero-order chi connectivity index (χ0) is 29.0. The lowest BCUT2D eigenvalue weighted by molar-refractivity contribution is -0.151. The molecule has 1 aliphatic carbocycles. The summed E-state index contributed by atoms with van der Waals surface area (Å²) in [5.41, 5.74) is 2.54. The van der Waals surface area contributed by atoms with E-state index in [0.717, 1.165) is 61.7 Å². The van der Waals surface area contributed by atoms with Gasteiger partial charge in [0, 0.05) is 76.0 Å². The summed E-state index contributed by atoms with van der Waals surface area (Å²) < 4.78 is 34.1. The molecule has 0 aromatic heterocycles. The summed E-state index contributed by atoms with van der Waals surface area (Å²) >= 11 is 0. The minimum Gasteiger partial charge on any atom is -0.491 e. The number of benzene rings is 1. The summed E-state index contributed by atoms with van der Waals surface area (Å²) in [5.74, 6) is -0.983. The van der Waals surface area contributed by atoms with Gasteiger partial charge < -0.3 is 24.5 Å². The van der Waals surface area contributed by atoms with Gasteiger partial charge in [-0.25, -0.2) is 8.78 Å². The van der Waals surface area contributed by atoms with Crippen LogP contribution in [-0.2, 0) is 16.2 Å². The lowest BCUT2D eigenvalue weighted by atomic mass is 9.76. The Hall–Kier alpha value is -2.62. The lowest BCUT2D eigenvalue weighted by Crippen LogP contribution is -2.61. The first-order valence-corrected chi connectivity index (χ1v) is 15.4. The third-order valence-corrected chi connectivity index (χ3v) is 9.88. The summed E-state index contributed by atoms with van der Waals surface area (Å²) in [4.78, 5) is 24.5. The van der Waals surface area contributed by atoms with E-state index in [4.69, 9.17) is 9.57 Å². The first-order valence-electron chi connectivity index (χ1n) is 15.4. The van der Waals surface area contributed by atoms with E-state index in [1.54, 1.807) is 0 Å². The van der Waals surface area contributed by atoms with Crippen molar-refractivity contribution in [2.24, 2.45) is 10.6 Å². The van der Waals surface area contributed by atoms with Crippen molar-refractivity contribution < 1.29 is 28.3 Å². The summed E-state index contributed by atoms with van der Waals surface area (Å²) in [6, 6.07) is 4.38. The Morgan fingerprint density at radius 3 is 2.34 bits per heavy atom. The maximum Gasteiger partial charge on any atom is 0.309 e. The predicted molar refractivity (Wildman–Crippen MR) is 153 cm³/mol. The Morgan fingerprint density at radius 1 is 1.10 bits per heavy atom. The van der Waals surface area contributed by atoms with Crippen molar-refractivity contribution >= 4 is 17.5 Å². The standard InChI is InChI=1S/C31H44F2N4O4/c1-4-29(28(38)39)7-11-37(12-8-29)27-17-30(41-34-27)19-35(20-30)18-23-15-24(22-5-6-22)25(16-26(23)40-21(2)3)36-13-9-31(32,33)10-14-36/h15-16,21-22H,4-14,17-20H2,1-3H3,(H,38,39). The molecule has 41 heavy (non-hydrogen) atoms. The van der Waals surface area contributed by atoms with E-state index in [1.165, 1.54) is 5.56 Å². The summed E-state index contributed by atoms with van der Waals surface area (Å²) in [7, 11) is 0. The van der Waals surface area contributed by atoms with Crippen molar-refractivity contribution in [1.29, 1.82) is 0 Å². The van der Waals surface area contributed by atoms with Crippen LogP contribution >= 0.6 is 0 Å². The average molecular weight is 575 g/mol. The molecule has 8 nitrogen and oxygen atoms in total. The number of halogens is 2. The number of alkyl halides is 2. The molecule has 4 heterocycles. The van der Waals surface area contributed by atoms with Gasteiger partial charge in [0.2, 0.25) is 0 Å². The molecule has 1 saturated carbocycles. The minimum absolute atomic E-state index is 0.00744. The second kappa shape index (κ2) is 10.6. The molecule has 0 bridgehead atoms. The molecular weight excluding hydrogens is 530 g/mol. The Kier molecular flexibility index (Phi) is 7.35. The number of oxime groups is 1. The van der Waals surface area contributed by atoms with Crippen molar-refractivity contribution in [3.05, 3.63) is 23.3 Å². The third kappa shape index (κ3) is 5.73. The molecule has 5 aliphatic rings. The monoisotopic (exact) mass is 574 g/mol. The van der Waals surface area contributed by atoms with Crippen molar-refractivity contribution in [2.75, 3.05) is 44.2 Å². The molecule has 6 rings (SSSR count). The maximum atomic E-state index is 13.9. The van der Waals surface area contributed by atoms with Gasteiger partial charge in [0.05, 0.1) is 17.9 Å². The first-order chi connectivity index (χ1) is 19.5. The molecule has 0 unspecified atom stereocenters. The van der Waals surface area contributed by atoms with Gasteiger partial charge in [-0.15, -0.1) is 0 Å². The van der Waals surface area contributed by atoms with Gasteiger partial charge in [0.25, 0.3) is 5.92 Å². The largest absolute Gasteiger partial charge is 0.491 e. The summed E-state index contributed by atoms with van der Waals surface area (Å²) in [5, 5.41) is 14.2. The van der Waals surface area contributed by atoms with Crippen LogP contribution in [0.25, 0.3) is 0 Å². The van der Waals surface area contributed by atoms with E-state index in [1.807, 2.05) is 20.8 Å². The quantitative estimate of drug-likeness (QED) is 0.442. The van der Waals surface area contributed by atoms with Gasteiger partial charge in [-0.2, -0.15) is 0 Å². The third-order valence-electron chi connectivity index (χ3n) is 9.88. The SMILES string of the molecule is CCC1(C(=O)O)CCN(C2=NOC3(C2)CN(Cc2cc(C4CC4)c(N4CCC(F)(F)CC4)cc2OC(C)C)C3)CC1. The van der Waals surface area contributed by atoms with Crippen LogP contribution in [0.15, 0.2) is 17.3 Å². The number of carboxylic acids is 1. The fourth-order valence-corrected chi connectivity index (χ4v) is 7.06. The second-order valence-corrected chi connectivity index (χ2v) is 13.3. The van der Waals surface area contributed by atoms with E-state index >= 15 is 0 Å². The molecule has 1 spiro atoms. The van der Waals surface area contributed by atoms with Crippen LogP contribution in [0.2, 0.25) is 0 Å². The topological polar surface area (TPSA) is 77.8 Å². The molecule has 226 valence electrons. The van der Waals surface area contributed by atoms with Crippen LogP contribution in [0.4, 0.5) is 14.5 Å². The molecule has 10 heteroatoms. The van der Waals surface area contributed by atoms with Gasteiger partial charge in [-0.05, 0) is 63.5 Å². The summed E-state index contributed by atoms with van der Waals surface area (Å²) in [6.07, 6.45) is 4.76. The van der Waals surface area contributed by atoms with Crippen molar-refractivity contribution in [3.63, 3.8) is 0 Å². The number of likely N-dealkylation sites (tertiary alicyclic amines) is 2. The molecule has 4 fully saturated rings. The van der Waals surface area contributed by atoms with Crippen LogP contribution < -0.4 is 9.64 Å². The van der Waals surface area contributed by atoms with Gasteiger partial charge in [0.15, 0.2) is 5.60 Å². The zero-order valence-electron chi connectivity index (χ0n) is 24.6. The van der Waals surface area contributed by atoms with E-state index in [2.05, 4.69) is 32.0 Å². The van der Waals surface area contributed by atoms with Crippen molar-refractivity contribution in [2.45, 2.75) is 102 Å². The van der Waals surface area contributed by atoms with Crippen LogP contribution in [-0.4, -0.2) is 83.6 Å². The smallest absolute Gasteiger partial charge is 0.309 e. The highest BCUT2D eigenvalue weighted by molar-refractivity contribution is 5.85. The number of hydrogen-bond donors (Lipinski definition) is 1. The Bertz CT molecular complexity index is 1180. The number of carbonyl (C=O) groups is 1. The number of piperidine rings is 2. The molecule has 0 amide bonds. The van der Waals surface area contributed by atoms with Gasteiger partial charge in [-0.1, -0.05) is 12.1 Å².